The molecule has 2 rings (SSSR count). The number of nitrogens with zero attached hydrogens (tertiary/aromatic N) is 2. The van der Waals surface area contributed by atoms with Gasteiger partial charge in [0.05, 0.1) is 15.9 Å². The van der Waals surface area contributed by atoms with Gasteiger partial charge in [0, 0.05) is 6.04 Å². The van der Waals surface area contributed by atoms with Crippen molar-refractivity contribution >= 4 is 39.9 Å². The summed E-state index contributed by atoms with van der Waals surface area (Å²) in [6.45, 7) is 4.05. The molecule has 0 aliphatic carbocycles. The number of halogens is 2. The summed E-state index contributed by atoms with van der Waals surface area (Å²) in [5, 5.41) is 4.86. The SMILES string of the molecule is CC(C)Nc1nc(Cl)nc2cccc(Cl)c12. The van der Waals surface area contributed by atoms with Crippen molar-refractivity contribution in [2.24, 2.45) is 0 Å². The highest BCUT2D eigenvalue weighted by Crippen LogP contribution is 2.29. The number of benzene rings is 1. The van der Waals surface area contributed by atoms with E-state index in [1.807, 2.05) is 32.0 Å². The molecule has 1 aromatic carbocycles. The Bertz CT molecular complexity index is 526. The van der Waals surface area contributed by atoms with Crippen molar-refractivity contribution in [1.29, 1.82) is 0 Å². The molecule has 0 aliphatic rings. The van der Waals surface area contributed by atoms with Gasteiger partial charge in [-0.2, -0.15) is 0 Å². The van der Waals surface area contributed by atoms with Crippen molar-refractivity contribution in [3.63, 3.8) is 0 Å². The van der Waals surface area contributed by atoms with Gasteiger partial charge in [0.1, 0.15) is 5.82 Å². The van der Waals surface area contributed by atoms with Crippen molar-refractivity contribution < 1.29 is 0 Å². The molecule has 5 heteroatoms. The average Bonchev–Trinajstić information content (AvgIpc) is 2.15. The van der Waals surface area contributed by atoms with Crippen LogP contribution in [0, 0.1) is 0 Å². The number of rotatable bonds is 2. The Labute approximate surface area is 104 Å². The van der Waals surface area contributed by atoms with Crippen LogP contribution in [0.15, 0.2) is 18.2 Å². The molecular formula is C11H11Cl2N3. The first-order chi connectivity index (χ1) is 7.58. The Morgan fingerprint density at radius 3 is 2.62 bits per heavy atom. The maximum absolute atomic E-state index is 6.13. The van der Waals surface area contributed by atoms with E-state index in [0.29, 0.717) is 10.8 Å². The minimum absolute atomic E-state index is 0.220. The summed E-state index contributed by atoms with van der Waals surface area (Å²) >= 11 is 12.0. The van der Waals surface area contributed by atoms with Crippen LogP contribution in [0.3, 0.4) is 0 Å². The molecule has 0 amide bonds. The van der Waals surface area contributed by atoms with Crippen molar-refractivity contribution in [3.05, 3.63) is 28.5 Å². The molecule has 1 aromatic heterocycles. The molecule has 16 heavy (non-hydrogen) atoms. The summed E-state index contributed by atoms with van der Waals surface area (Å²) in [5.41, 5.74) is 0.746. The maximum atomic E-state index is 6.13. The van der Waals surface area contributed by atoms with Crippen LogP contribution in [0.5, 0.6) is 0 Å². The van der Waals surface area contributed by atoms with Crippen molar-refractivity contribution in [1.82, 2.24) is 9.97 Å². The van der Waals surface area contributed by atoms with Gasteiger partial charge >= 0.3 is 0 Å². The number of nitrogens with one attached hydrogen (secondary N) is 1. The Hall–Kier alpha value is -1.06. The third-order valence-corrected chi connectivity index (χ3v) is 2.55. The predicted octanol–water partition coefficient (Wildman–Crippen LogP) is 3.76. The Balaban J connectivity index is 2.70. The van der Waals surface area contributed by atoms with E-state index in [-0.39, 0.29) is 11.3 Å². The number of aromatic nitrogens is 2. The summed E-state index contributed by atoms with van der Waals surface area (Å²) < 4.78 is 0. The molecule has 3 nitrogen and oxygen atoms in total. The first-order valence-corrected chi connectivity index (χ1v) is 5.72. The summed E-state index contributed by atoms with van der Waals surface area (Å²) in [4.78, 5) is 8.30. The number of anilines is 1. The lowest BCUT2D eigenvalue weighted by atomic mass is 10.2. The fourth-order valence-electron chi connectivity index (χ4n) is 1.49. The smallest absolute Gasteiger partial charge is 0.224 e. The van der Waals surface area contributed by atoms with Gasteiger partial charge in [-0.15, -0.1) is 0 Å². The minimum Gasteiger partial charge on any atom is -0.367 e. The molecule has 0 atom stereocenters. The second kappa shape index (κ2) is 4.44. The topological polar surface area (TPSA) is 37.8 Å². The van der Waals surface area contributed by atoms with Crippen LogP contribution in [0.2, 0.25) is 10.3 Å². The minimum atomic E-state index is 0.220. The zero-order chi connectivity index (χ0) is 11.7. The molecule has 2 aromatic rings. The summed E-state index contributed by atoms with van der Waals surface area (Å²) in [6.07, 6.45) is 0. The van der Waals surface area contributed by atoms with Gasteiger partial charge in [-0.1, -0.05) is 17.7 Å². The molecular weight excluding hydrogens is 245 g/mol. The first kappa shape index (κ1) is 11.4. The van der Waals surface area contributed by atoms with Crippen LogP contribution in [-0.2, 0) is 0 Å². The van der Waals surface area contributed by atoms with E-state index in [1.54, 1.807) is 0 Å². The van der Waals surface area contributed by atoms with Gasteiger partial charge in [0.2, 0.25) is 5.28 Å². The molecule has 1 N–H and O–H groups in total. The van der Waals surface area contributed by atoms with Gasteiger partial charge in [0.25, 0.3) is 0 Å². The lowest BCUT2D eigenvalue weighted by molar-refractivity contribution is 0.890. The molecule has 0 saturated carbocycles. The van der Waals surface area contributed by atoms with Crippen molar-refractivity contribution in [2.45, 2.75) is 19.9 Å². The predicted molar refractivity (Wildman–Crippen MR) is 68.3 cm³/mol. The van der Waals surface area contributed by atoms with E-state index >= 15 is 0 Å². The zero-order valence-electron chi connectivity index (χ0n) is 8.96. The van der Waals surface area contributed by atoms with E-state index in [1.165, 1.54) is 0 Å². The largest absolute Gasteiger partial charge is 0.367 e. The average molecular weight is 256 g/mol. The maximum Gasteiger partial charge on any atom is 0.224 e. The Morgan fingerprint density at radius 1 is 1.19 bits per heavy atom. The highest BCUT2D eigenvalue weighted by atomic mass is 35.5. The highest BCUT2D eigenvalue weighted by Gasteiger charge is 2.10. The summed E-state index contributed by atoms with van der Waals surface area (Å²) in [5.74, 6) is 0.676. The van der Waals surface area contributed by atoms with Crippen LogP contribution >= 0.6 is 23.2 Å². The highest BCUT2D eigenvalue weighted by molar-refractivity contribution is 6.36. The quantitative estimate of drug-likeness (QED) is 0.831. The van der Waals surface area contributed by atoms with Crippen molar-refractivity contribution in [2.75, 3.05) is 5.32 Å². The van der Waals surface area contributed by atoms with Gasteiger partial charge in [-0.25, -0.2) is 9.97 Å². The molecule has 84 valence electrons. The van der Waals surface area contributed by atoms with E-state index in [2.05, 4.69) is 15.3 Å². The zero-order valence-corrected chi connectivity index (χ0v) is 10.5. The fraction of sp³-hybridized carbons (Fsp3) is 0.273. The Morgan fingerprint density at radius 2 is 1.94 bits per heavy atom. The van der Waals surface area contributed by atoms with Gasteiger partial charge in [-0.3, -0.25) is 0 Å². The van der Waals surface area contributed by atoms with Crippen LogP contribution in [0.25, 0.3) is 10.9 Å². The van der Waals surface area contributed by atoms with Crippen LogP contribution in [0.1, 0.15) is 13.8 Å². The summed E-state index contributed by atoms with van der Waals surface area (Å²) in [7, 11) is 0. The number of fused-ring (bicyclic) bond motifs is 1. The van der Waals surface area contributed by atoms with Crippen LogP contribution < -0.4 is 5.32 Å². The normalized spacial score (nSPS) is 11.1. The monoisotopic (exact) mass is 255 g/mol. The third-order valence-electron chi connectivity index (χ3n) is 2.07. The number of hydrogen-bond donors (Lipinski definition) is 1. The van der Waals surface area contributed by atoms with Crippen LogP contribution in [-0.4, -0.2) is 16.0 Å². The molecule has 0 spiro atoms. The van der Waals surface area contributed by atoms with Gasteiger partial charge in [-0.05, 0) is 37.6 Å². The first-order valence-electron chi connectivity index (χ1n) is 4.96. The standard InChI is InChI=1S/C11H11Cl2N3/c1-6(2)14-10-9-7(12)4-3-5-8(9)15-11(13)16-10/h3-6H,1-2H3,(H,14,15,16). The molecule has 1 heterocycles. The Kier molecular flexibility index (Phi) is 3.17. The molecule has 0 fully saturated rings. The molecule has 0 aliphatic heterocycles. The van der Waals surface area contributed by atoms with Crippen LogP contribution in [0.4, 0.5) is 5.82 Å². The van der Waals surface area contributed by atoms with Gasteiger partial charge < -0.3 is 5.32 Å². The van der Waals surface area contributed by atoms with E-state index in [0.717, 1.165) is 10.9 Å². The van der Waals surface area contributed by atoms with E-state index < -0.39 is 0 Å². The summed E-state index contributed by atoms with van der Waals surface area (Å²) in [6, 6.07) is 5.77. The molecule has 0 radical (unpaired) electrons. The van der Waals surface area contributed by atoms with E-state index in [4.69, 9.17) is 23.2 Å². The molecule has 0 saturated heterocycles. The second-order valence-corrected chi connectivity index (χ2v) is 4.52. The third kappa shape index (κ3) is 2.20. The second-order valence-electron chi connectivity index (χ2n) is 3.77. The molecule has 0 unspecified atom stereocenters. The fourth-order valence-corrected chi connectivity index (χ4v) is 1.93. The molecule has 0 bridgehead atoms. The lowest BCUT2D eigenvalue weighted by Gasteiger charge is -2.12. The van der Waals surface area contributed by atoms with E-state index in [9.17, 15) is 0 Å². The van der Waals surface area contributed by atoms with Gasteiger partial charge in [0.15, 0.2) is 0 Å². The lowest BCUT2D eigenvalue weighted by Crippen LogP contribution is -2.12. The number of hydrogen-bond acceptors (Lipinski definition) is 3. The van der Waals surface area contributed by atoms with Crippen molar-refractivity contribution in [3.8, 4) is 0 Å².